The molecular formula is C22H29Cl. The molecule has 124 valence electrons. The van der Waals surface area contributed by atoms with Crippen LogP contribution in [0.2, 0.25) is 0 Å². The van der Waals surface area contributed by atoms with E-state index in [0.717, 1.165) is 17.9 Å². The van der Waals surface area contributed by atoms with Gasteiger partial charge in [0.2, 0.25) is 0 Å². The van der Waals surface area contributed by atoms with Crippen molar-refractivity contribution in [3.05, 3.63) is 70.3 Å². The fraction of sp³-hybridized carbons (Fsp3) is 0.455. The van der Waals surface area contributed by atoms with Gasteiger partial charge in [-0.05, 0) is 61.3 Å². The van der Waals surface area contributed by atoms with Gasteiger partial charge in [0.05, 0.1) is 0 Å². The highest BCUT2D eigenvalue weighted by molar-refractivity contribution is 6.29. The van der Waals surface area contributed by atoms with Crippen LogP contribution >= 0.6 is 11.6 Å². The van der Waals surface area contributed by atoms with E-state index in [1.165, 1.54) is 22.3 Å². The molecule has 1 heteroatoms. The fourth-order valence-corrected chi connectivity index (χ4v) is 3.83. The van der Waals surface area contributed by atoms with Crippen molar-refractivity contribution in [3.8, 4) is 0 Å². The lowest BCUT2D eigenvalue weighted by atomic mass is 9.66. The Bertz CT molecular complexity index is 648. The molecule has 2 rings (SSSR count). The van der Waals surface area contributed by atoms with Gasteiger partial charge in [-0.3, -0.25) is 0 Å². The molecule has 0 bridgehead atoms. The summed E-state index contributed by atoms with van der Waals surface area (Å²) in [7, 11) is 0. The summed E-state index contributed by atoms with van der Waals surface area (Å²) in [5, 5.41) is 0.932. The first-order valence-electron chi connectivity index (χ1n) is 8.54. The predicted molar refractivity (Wildman–Crippen MR) is 103 cm³/mol. The van der Waals surface area contributed by atoms with E-state index in [-0.39, 0.29) is 5.41 Å². The lowest BCUT2D eigenvalue weighted by Gasteiger charge is -2.38. The van der Waals surface area contributed by atoms with Crippen LogP contribution < -0.4 is 0 Å². The van der Waals surface area contributed by atoms with Crippen LogP contribution in [0.5, 0.6) is 0 Å². The molecular weight excluding hydrogens is 300 g/mol. The molecule has 0 saturated heterocycles. The topological polar surface area (TPSA) is 0 Å². The molecule has 0 aliphatic heterocycles. The van der Waals surface area contributed by atoms with Gasteiger partial charge in [-0.15, -0.1) is 6.58 Å². The average Bonchev–Trinajstić information content (AvgIpc) is 2.50. The predicted octanol–water partition coefficient (Wildman–Crippen LogP) is 6.73. The van der Waals surface area contributed by atoms with Gasteiger partial charge in [-0.2, -0.15) is 0 Å². The van der Waals surface area contributed by atoms with Gasteiger partial charge in [0.1, 0.15) is 0 Å². The highest BCUT2D eigenvalue weighted by Gasteiger charge is 2.35. The van der Waals surface area contributed by atoms with Gasteiger partial charge in [0.25, 0.3) is 0 Å². The molecule has 1 aliphatic rings. The maximum absolute atomic E-state index is 6.32. The summed E-state index contributed by atoms with van der Waals surface area (Å²) in [6.45, 7) is 15.4. The normalized spacial score (nSPS) is 20.7. The molecule has 23 heavy (non-hydrogen) atoms. The SMILES string of the molecule is C=CC(C)(c1ccc(CC(C)C)c(C)c1)C1CC(Cl)=CC=C1C. The van der Waals surface area contributed by atoms with Crippen molar-refractivity contribution in [2.75, 3.05) is 0 Å². The summed E-state index contributed by atoms with van der Waals surface area (Å²) < 4.78 is 0. The van der Waals surface area contributed by atoms with Crippen LogP contribution in [0.3, 0.4) is 0 Å². The molecule has 2 atom stereocenters. The third-order valence-corrected chi connectivity index (χ3v) is 5.50. The van der Waals surface area contributed by atoms with Crippen LogP contribution in [-0.2, 0) is 11.8 Å². The molecule has 0 nitrogen and oxygen atoms in total. The Balaban J connectivity index is 2.41. The average molecular weight is 329 g/mol. The fourth-order valence-electron chi connectivity index (χ4n) is 3.61. The van der Waals surface area contributed by atoms with E-state index in [1.54, 1.807) is 0 Å². The highest BCUT2D eigenvalue weighted by atomic mass is 35.5. The summed E-state index contributed by atoms with van der Waals surface area (Å²) in [5.74, 6) is 1.05. The summed E-state index contributed by atoms with van der Waals surface area (Å²) in [6, 6.07) is 6.93. The summed E-state index contributed by atoms with van der Waals surface area (Å²) in [6.07, 6.45) is 8.29. The molecule has 0 spiro atoms. The number of allylic oxidation sites excluding steroid dienone is 5. The second kappa shape index (κ2) is 7.09. The standard InChI is InChI=1S/C22H29Cl/c1-7-22(6,21-14-20(23)11-8-16(21)4)19-10-9-18(12-15(2)3)17(5)13-19/h7-11,13,15,21H,1,12,14H2,2-6H3. The monoisotopic (exact) mass is 328 g/mol. The maximum Gasteiger partial charge on any atom is 0.0187 e. The van der Waals surface area contributed by atoms with Crippen molar-refractivity contribution in [2.24, 2.45) is 11.8 Å². The van der Waals surface area contributed by atoms with Gasteiger partial charge in [0.15, 0.2) is 0 Å². The van der Waals surface area contributed by atoms with Crippen LogP contribution in [-0.4, -0.2) is 0 Å². The zero-order valence-corrected chi connectivity index (χ0v) is 15.9. The van der Waals surface area contributed by atoms with E-state index in [0.29, 0.717) is 11.8 Å². The van der Waals surface area contributed by atoms with Crippen molar-refractivity contribution in [1.82, 2.24) is 0 Å². The summed E-state index contributed by atoms with van der Waals surface area (Å²) >= 11 is 6.32. The molecule has 0 N–H and O–H groups in total. The van der Waals surface area contributed by atoms with Crippen molar-refractivity contribution in [3.63, 3.8) is 0 Å². The quantitative estimate of drug-likeness (QED) is 0.526. The lowest BCUT2D eigenvalue weighted by molar-refractivity contribution is 0.407. The van der Waals surface area contributed by atoms with Crippen LogP contribution in [0, 0.1) is 18.8 Å². The smallest absolute Gasteiger partial charge is 0.0187 e. The van der Waals surface area contributed by atoms with E-state index in [1.807, 2.05) is 6.08 Å². The van der Waals surface area contributed by atoms with Gasteiger partial charge in [-0.1, -0.05) is 68.3 Å². The first kappa shape index (κ1) is 18.1. The first-order valence-corrected chi connectivity index (χ1v) is 8.92. The molecule has 2 unspecified atom stereocenters. The van der Waals surface area contributed by atoms with Crippen LogP contribution in [0.15, 0.2) is 53.6 Å². The zero-order chi connectivity index (χ0) is 17.2. The Morgan fingerprint density at radius 2 is 2.00 bits per heavy atom. The zero-order valence-electron chi connectivity index (χ0n) is 15.1. The minimum absolute atomic E-state index is 0.101. The molecule has 0 saturated carbocycles. The number of rotatable bonds is 5. The number of benzene rings is 1. The third kappa shape index (κ3) is 3.80. The number of halogens is 1. The minimum Gasteiger partial charge on any atom is -0.102 e. The van der Waals surface area contributed by atoms with E-state index in [4.69, 9.17) is 11.6 Å². The van der Waals surface area contributed by atoms with E-state index < -0.39 is 0 Å². The summed E-state index contributed by atoms with van der Waals surface area (Å²) in [5.41, 5.74) is 5.44. The lowest BCUT2D eigenvalue weighted by Crippen LogP contribution is -2.32. The van der Waals surface area contributed by atoms with E-state index in [2.05, 4.69) is 71.5 Å². The minimum atomic E-state index is -0.101. The van der Waals surface area contributed by atoms with Crippen LogP contribution in [0.4, 0.5) is 0 Å². The number of aryl methyl sites for hydroxylation is 1. The second-order valence-electron chi connectivity index (χ2n) is 7.51. The number of hydrogen-bond acceptors (Lipinski definition) is 0. The Labute approximate surface area is 146 Å². The van der Waals surface area contributed by atoms with Crippen molar-refractivity contribution >= 4 is 11.6 Å². The second-order valence-corrected chi connectivity index (χ2v) is 7.99. The Kier molecular flexibility index (Phi) is 5.57. The highest BCUT2D eigenvalue weighted by Crippen LogP contribution is 2.44. The van der Waals surface area contributed by atoms with Crippen LogP contribution in [0.1, 0.15) is 50.8 Å². The van der Waals surface area contributed by atoms with Crippen molar-refractivity contribution < 1.29 is 0 Å². The Hall–Kier alpha value is -1.27. The molecule has 1 aliphatic carbocycles. The molecule has 0 heterocycles. The number of hydrogen-bond donors (Lipinski definition) is 0. The molecule has 1 aromatic rings. The Morgan fingerprint density at radius 1 is 1.30 bits per heavy atom. The van der Waals surface area contributed by atoms with Crippen LogP contribution in [0.25, 0.3) is 0 Å². The summed E-state index contributed by atoms with van der Waals surface area (Å²) in [4.78, 5) is 0. The molecule has 0 fully saturated rings. The van der Waals surface area contributed by atoms with Crippen molar-refractivity contribution in [2.45, 2.75) is 52.9 Å². The van der Waals surface area contributed by atoms with Gasteiger partial charge < -0.3 is 0 Å². The molecule has 0 aromatic heterocycles. The van der Waals surface area contributed by atoms with Crippen molar-refractivity contribution in [1.29, 1.82) is 0 Å². The van der Waals surface area contributed by atoms with E-state index in [9.17, 15) is 0 Å². The van der Waals surface area contributed by atoms with E-state index >= 15 is 0 Å². The molecule has 0 amide bonds. The van der Waals surface area contributed by atoms with Gasteiger partial charge in [-0.25, -0.2) is 0 Å². The molecule has 1 aromatic carbocycles. The molecule has 0 radical (unpaired) electrons. The maximum atomic E-state index is 6.32. The first-order chi connectivity index (χ1) is 10.8. The van der Waals surface area contributed by atoms with Gasteiger partial charge >= 0.3 is 0 Å². The van der Waals surface area contributed by atoms with Gasteiger partial charge in [0, 0.05) is 10.4 Å². The Morgan fingerprint density at radius 3 is 2.57 bits per heavy atom. The third-order valence-electron chi connectivity index (χ3n) is 5.22. The largest absolute Gasteiger partial charge is 0.102 e.